The fourth-order valence-electron chi connectivity index (χ4n) is 1.70. The molecule has 0 aliphatic heterocycles. The third kappa shape index (κ3) is 5.56. The highest BCUT2D eigenvalue weighted by atomic mass is 35.5. The Morgan fingerprint density at radius 1 is 1.30 bits per heavy atom. The van der Waals surface area contributed by atoms with Crippen molar-refractivity contribution in [2.45, 2.75) is 32.6 Å². The Balaban J connectivity index is 1.70. The number of rotatable bonds is 6. The first-order valence-corrected chi connectivity index (χ1v) is 7.70. The molecule has 1 aromatic heterocycles. The number of amides is 1. The maximum Gasteiger partial charge on any atom is 0.257 e. The van der Waals surface area contributed by atoms with Crippen LogP contribution < -0.4 is 10.1 Å². The van der Waals surface area contributed by atoms with Gasteiger partial charge in [0.05, 0.1) is 0 Å². The van der Waals surface area contributed by atoms with Crippen LogP contribution in [0.5, 0.6) is 5.75 Å². The zero-order chi connectivity index (χ0) is 16.9. The minimum atomic E-state index is -0.209. The molecule has 0 bridgehead atoms. The van der Waals surface area contributed by atoms with Gasteiger partial charge in [0.25, 0.3) is 5.91 Å². The van der Waals surface area contributed by atoms with Crippen LogP contribution >= 0.6 is 11.6 Å². The van der Waals surface area contributed by atoms with Crippen LogP contribution in [0, 0.1) is 0 Å². The maximum atomic E-state index is 11.7. The molecule has 7 heteroatoms. The molecule has 1 aromatic carbocycles. The number of nitrogens with one attached hydrogen (secondary N) is 1. The van der Waals surface area contributed by atoms with E-state index in [0.717, 1.165) is 0 Å². The molecule has 0 fully saturated rings. The highest BCUT2D eigenvalue weighted by Gasteiger charge is 2.21. The first-order valence-electron chi connectivity index (χ1n) is 7.33. The van der Waals surface area contributed by atoms with Crippen LogP contribution in [0.15, 0.2) is 28.8 Å². The summed E-state index contributed by atoms with van der Waals surface area (Å²) < 4.78 is 10.5. The van der Waals surface area contributed by atoms with E-state index < -0.39 is 0 Å². The predicted octanol–water partition coefficient (Wildman–Crippen LogP) is 2.76. The van der Waals surface area contributed by atoms with Gasteiger partial charge in [-0.15, -0.1) is 0 Å². The molecule has 0 spiro atoms. The molecule has 6 nitrogen and oxygen atoms in total. The van der Waals surface area contributed by atoms with E-state index in [1.807, 2.05) is 20.8 Å². The third-order valence-electron chi connectivity index (χ3n) is 2.96. The summed E-state index contributed by atoms with van der Waals surface area (Å²) in [5.74, 6) is 1.55. The largest absolute Gasteiger partial charge is 0.484 e. The van der Waals surface area contributed by atoms with Gasteiger partial charge in [-0.25, -0.2) is 0 Å². The number of ether oxygens (including phenoxy) is 1. The smallest absolute Gasteiger partial charge is 0.257 e. The fraction of sp³-hybridized carbons (Fsp3) is 0.438. The Morgan fingerprint density at radius 2 is 2.00 bits per heavy atom. The number of nitrogens with zero attached hydrogens (tertiary/aromatic N) is 2. The van der Waals surface area contributed by atoms with Crippen molar-refractivity contribution in [3.8, 4) is 5.75 Å². The van der Waals surface area contributed by atoms with E-state index in [-0.39, 0.29) is 17.9 Å². The summed E-state index contributed by atoms with van der Waals surface area (Å²) in [5, 5.41) is 7.27. The van der Waals surface area contributed by atoms with Crippen LogP contribution in [0.1, 0.15) is 32.5 Å². The van der Waals surface area contributed by atoms with E-state index in [4.69, 9.17) is 20.9 Å². The zero-order valence-electron chi connectivity index (χ0n) is 13.4. The van der Waals surface area contributed by atoms with Gasteiger partial charge in [0, 0.05) is 23.4 Å². The molecule has 0 unspecified atom stereocenters. The number of carbonyl (C=O) groups is 1. The summed E-state index contributed by atoms with van der Waals surface area (Å²) in [6.07, 6.45) is 0.506. The zero-order valence-corrected chi connectivity index (χ0v) is 14.2. The van der Waals surface area contributed by atoms with Crippen molar-refractivity contribution in [1.29, 1.82) is 0 Å². The molecule has 0 saturated heterocycles. The average molecular weight is 338 g/mol. The number of benzene rings is 1. The summed E-state index contributed by atoms with van der Waals surface area (Å²) in [5.41, 5.74) is -0.180. The lowest BCUT2D eigenvalue weighted by molar-refractivity contribution is -0.123. The second-order valence-electron chi connectivity index (χ2n) is 6.11. The van der Waals surface area contributed by atoms with Crippen LogP contribution in [0.3, 0.4) is 0 Å². The van der Waals surface area contributed by atoms with Crippen LogP contribution in [-0.4, -0.2) is 29.2 Å². The van der Waals surface area contributed by atoms with Crippen molar-refractivity contribution < 1.29 is 14.1 Å². The molecule has 0 aliphatic rings. The SMILES string of the molecule is CC(C)(C)c1nc(CCNC(=O)COc2ccc(Cl)cc2)no1. The van der Waals surface area contributed by atoms with Crippen molar-refractivity contribution in [2.75, 3.05) is 13.2 Å². The number of halogens is 1. The van der Waals surface area contributed by atoms with Gasteiger partial charge in [0.15, 0.2) is 12.4 Å². The molecule has 1 N–H and O–H groups in total. The van der Waals surface area contributed by atoms with Gasteiger partial charge in [-0.2, -0.15) is 4.98 Å². The highest BCUT2D eigenvalue weighted by molar-refractivity contribution is 6.30. The van der Waals surface area contributed by atoms with Crippen LogP contribution in [0.25, 0.3) is 0 Å². The number of aromatic nitrogens is 2. The standard InChI is InChI=1S/C16H20ClN3O3/c1-16(2,3)15-19-13(20-23-15)8-9-18-14(21)10-22-12-6-4-11(17)5-7-12/h4-7H,8-10H2,1-3H3,(H,18,21). The maximum absolute atomic E-state index is 11.7. The van der Waals surface area contributed by atoms with Crippen molar-refractivity contribution >= 4 is 17.5 Å². The average Bonchev–Trinajstić information content (AvgIpc) is 2.96. The molecule has 0 atom stereocenters. The molecular formula is C16H20ClN3O3. The molecule has 0 radical (unpaired) electrons. The van der Waals surface area contributed by atoms with Gasteiger partial charge in [0.2, 0.25) is 5.89 Å². The summed E-state index contributed by atoms with van der Waals surface area (Å²) in [4.78, 5) is 16.0. The molecule has 124 valence electrons. The van der Waals surface area contributed by atoms with Gasteiger partial charge >= 0.3 is 0 Å². The Bertz CT molecular complexity index is 647. The predicted molar refractivity (Wildman–Crippen MR) is 86.7 cm³/mol. The van der Waals surface area contributed by atoms with Crippen molar-refractivity contribution in [3.05, 3.63) is 41.0 Å². The molecular weight excluding hydrogens is 318 g/mol. The lowest BCUT2D eigenvalue weighted by Crippen LogP contribution is -2.30. The highest BCUT2D eigenvalue weighted by Crippen LogP contribution is 2.19. The van der Waals surface area contributed by atoms with E-state index in [0.29, 0.717) is 35.5 Å². The first kappa shape index (κ1) is 17.3. The number of hydrogen-bond acceptors (Lipinski definition) is 5. The van der Waals surface area contributed by atoms with Crippen LogP contribution in [-0.2, 0) is 16.6 Å². The summed E-state index contributed by atoms with van der Waals surface area (Å²) in [7, 11) is 0. The summed E-state index contributed by atoms with van der Waals surface area (Å²) in [6.45, 7) is 6.37. The summed E-state index contributed by atoms with van der Waals surface area (Å²) >= 11 is 5.78. The topological polar surface area (TPSA) is 77.2 Å². The molecule has 2 rings (SSSR count). The Labute approximate surface area is 140 Å². The number of hydrogen-bond donors (Lipinski definition) is 1. The molecule has 1 amide bonds. The van der Waals surface area contributed by atoms with Gasteiger partial charge in [-0.1, -0.05) is 37.5 Å². The van der Waals surface area contributed by atoms with Crippen molar-refractivity contribution in [3.63, 3.8) is 0 Å². The summed E-state index contributed by atoms with van der Waals surface area (Å²) in [6, 6.07) is 6.83. The Hall–Kier alpha value is -2.08. The second kappa shape index (κ2) is 7.46. The van der Waals surface area contributed by atoms with Gasteiger partial charge < -0.3 is 14.6 Å². The lowest BCUT2D eigenvalue weighted by atomic mass is 9.97. The molecule has 1 heterocycles. The minimum absolute atomic E-state index is 0.0544. The van der Waals surface area contributed by atoms with Crippen molar-refractivity contribution in [1.82, 2.24) is 15.5 Å². The lowest BCUT2D eigenvalue weighted by Gasteiger charge is -2.10. The van der Waals surface area contributed by atoms with Crippen LogP contribution in [0.4, 0.5) is 0 Å². The Morgan fingerprint density at radius 3 is 2.61 bits per heavy atom. The third-order valence-corrected chi connectivity index (χ3v) is 3.22. The van der Waals surface area contributed by atoms with Gasteiger partial charge in [-0.3, -0.25) is 4.79 Å². The van der Waals surface area contributed by atoms with Gasteiger partial charge in [-0.05, 0) is 24.3 Å². The monoisotopic (exact) mass is 337 g/mol. The molecule has 2 aromatic rings. The molecule has 0 saturated carbocycles. The van der Waals surface area contributed by atoms with E-state index >= 15 is 0 Å². The van der Waals surface area contributed by atoms with E-state index in [1.54, 1.807) is 24.3 Å². The molecule has 0 aliphatic carbocycles. The Kier molecular flexibility index (Phi) is 5.60. The first-order chi connectivity index (χ1) is 10.8. The van der Waals surface area contributed by atoms with E-state index in [1.165, 1.54) is 0 Å². The number of carbonyl (C=O) groups excluding carboxylic acids is 1. The van der Waals surface area contributed by atoms with Gasteiger partial charge in [0.1, 0.15) is 5.75 Å². The van der Waals surface area contributed by atoms with E-state index in [9.17, 15) is 4.79 Å². The molecule has 23 heavy (non-hydrogen) atoms. The minimum Gasteiger partial charge on any atom is -0.484 e. The second-order valence-corrected chi connectivity index (χ2v) is 6.54. The van der Waals surface area contributed by atoms with Crippen LogP contribution in [0.2, 0.25) is 5.02 Å². The van der Waals surface area contributed by atoms with E-state index in [2.05, 4.69) is 15.5 Å². The quantitative estimate of drug-likeness (QED) is 0.877. The normalized spacial score (nSPS) is 11.3. The fourth-order valence-corrected chi connectivity index (χ4v) is 1.83. The van der Waals surface area contributed by atoms with Crippen molar-refractivity contribution in [2.24, 2.45) is 0 Å².